The van der Waals surface area contributed by atoms with Crippen molar-refractivity contribution in [2.24, 2.45) is 0 Å². The zero-order chi connectivity index (χ0) is 21.6. The summed E-state index contributed by atoms with van der Waals surface area (Å²) < 4.78 is 18.4. The number of Topliss-reactive ketones (excluding diaryl/α,β-unsaturated/α-hetero) is 1. The van der Waals surface area contributed by atoms with Gasteiger partial charge in [0.25, 0.3) is 0 Å². The quantitative estimate of drug-likeness (QED) is 0.379. The van der Waals surface area contributed by atoms with Crippen LogP contribution in [-0.4, -0.2) is 29.6 Å². The first-order valence-electron chi connectivity index (χ1n) is 9.98. The van der Waals surface area contributed by atoms with Crippen LogP contribution in [0.25, 0.3) is 11.1 Å². The summed E-state index contributed by atoms with van der Waals surface area (Å²) in [5, 5.41) is 9.69. The highest BCUT2D eigenvalue weighted by atomic mass is 19.1. The first kappa shape index (κ1) is 22.8. The van der Waals surface area contributed by atoms with E-state index in [0.717, 1.165) is 35.1 Å². The second-order valence-electron chi connectivity index (χ2n) is 7.40. The van der Waals surface area contributed by atoms with Gasteiger partial charge in [0.15, 0.2) is 5.78 Å². The van der Waals surface area contributed by atoms with E-state index in [0.29, 0.717) is 12.0 Å². The van der Waals surface area contributed by atoms with E-state index >= 15 is 0 Å². The summed E-state index contributed by atoms with van der Waals surface area (Å²) in [5.74, 6) is -1.63. The summed E-state index contributed by atoms with van der Waals surface area (Å²) >= 11 is 0. The number of halogens is 1. The number of ether oxygens (including phenoxy) is 1. The fourth-order valence-electron chi connectivity index (χ4n) is 3.49. The molecule has 29 heavy (non-hydrogen) atoms. The van der Waals surface area contributed by atoms with E-state index in [2.05, 4.69) is 23.8 Å². The summed E-state index contributed by atoms with van der Waals surface area (Å²) in [6.07, 6.45) is 0.466. The van der Waals surface area contributed by atoms with Crippen molar-refractivity contribution in [3.8, 4) is 11.1 Å². The van der Waals surface area contributed by atoms with E-state index < -0.39 is 17.9 Å². The Labute approximate surface area is 171 Å². The predicted molar refractivity (Wildman–Crippen MR) is 111 cm³/mol. The number of hydrogen-bond acceptors (Lipinski definition) is 4. The van der Waals surface area contributed by atoms with Crippen molar-refractivity contribution in [2.45, 2.75) is 59.5 Å². The normalized spacial score (nSPS) is 11.9. The van der Waals surface area contributed by atoms with Crippen molar-refractivity contribution in [2.75, 3.05) is 6.61 Å². The van der Waals surface area contributed by atoms with Crippen molar-refractivity contribution >= 4 is 11.8 Å². The fourth-order valence-corrected chi connectivity index (χ4v) is 3.49. The van der Waals surface area contributed by atoms with Crippen LogP contribution in [0.15, 0.2) is 30.3 Å². The number of aliphatic hydroxyl groups is 1. The number of unbranched alkanes of at least 4 members (excludes halogenated alkanes) is 1. The Kier molecular flexibility index (Phi) is 8.09. The van der Waals surface area contributed by atoms with E-state index in [1.54, 1.807) is 19.9 Å². The maximum atomic E-state index is 13.7. The van der Waals surface area contributed by atoms with Crippen molar-refractivity contribution < 1.29 is 23.8 Å². The number of carbonyl (C=O) groups excluding carboxylic acids is 2. The highest BCUT2D eigenvalue weighted by Gasteiger charge is 2.24. The topological polar surface area (TPSA) is 63.6 Å². The lowest BCUT2D eigenvalue weighted by Gasteiger charge is -2.15. The average Bonchev–Trinajstić information content (AvgIpc) is 2.67. The molecule has 1 unspecified atom stereocenters. The number of aliphatic hydroxyl groups excluding tert-OH is 1. The molecule has 0 aliphatic carbocycles. The van der Waals surface area contributed by atoms with Gasteiger partial charge < -0.3 is 9.84 Å². The van der Waals surface area contributed by atoms with Crippen LogP contribution in [0.4, 0.5) is 4.39 Å². The third-order valence-corrected chi connectivity index (χ3v) is 5.00. The van der Waals surface area contributed by atoms with Crippen molar-refractivity contribution in [3.05, 3.63) is 58.4 Å². The van der Waals surface area contributed by atoms with Gasteiger partial charge in [0.2, 0.25) is 6.10 Å². The first-order chi connectivity index (χ1) is 13.7. The standard InChI is InChI=1S/C24H29FO4/c1-5-29-24(28)23(27)22(26)9-7-6-8-19-16(3)12-15(2)13-20(19)18-10-11-21(25)17(4)14-18/h10-14,23,27H,5-9H2,1-4H3. The first-order valence-corrected chi connectivity index (χ1v) is 9.98. The summed E-state index contributed by atoms with van der Waals surface area (Å²) in [4.78, 5) is 23.4. The minimum Gasteiger partial charge on any atom is -0.464 e. The molecule has 1 N–H and O–H groups in total. The predicted octanol–water partition coefficient (Wildman–Crippen LogP) is 4.62. The molecule has 0 aliphatic heterocycles. The third kappa shape index (κ3) is 5.97. The molecule has 0 heterocycles. The number of ketones is 1. The highest BCUT2D eigenvalue weighted by molar-refractivity contribution is 6.01. The molecule has 4 nitrogen and oxygen atoms in total. The largest absolute Gasteiger partial charge is 0.464 e. The number of carbonyl (C=O) groups is 2. The number of hydrogen-bond donors (Lipinski definition) is 1. The minimum absolute atomic E-state index is 0.121. The minimum atomic E-state index is -1.70. The summed E-state index contributed by atoms with van der Waals surface area (Å²) in [6.45, 7) is 7.59. The maximum absolute atomic E-state index is 13.7. The molecule has 0 aromatic heterocycles. The van der Waals surface area contributed by atoms with E-state index in [9.17, 15) is 19.1 Å². The van der Waals surface area contributed by atoms with Crippen molar-refractivity contribution in [1.29, 1.82) is 0 Å². The van der Waals surface area contributed by atoms with Gasteiger partial charge in [-0.05, 0) is 86.9 Å². The van der Waals surface area contributed by atoms with Crippen molar-refractivity contribution in [3.63, 3.8) is 0 Å². The Morgan fingerprint density at radius 1 is 1.07 bits per heavy atom. The van der Waals surface area contributed by atoms with Crippen LogP contribution in [0.3, 0.4) is 0 Å². The monoisotopic (exact) mass is 400 g/mol. The summed E-state index contributed by atoms with van der Waals surface area (Å²) in [5.41, 5.74) is 6.10. The molecule has 0 amide bonds. The molecular weight excluding hydrogens is 371 g/mol. The van der Waals surface area contributed by atoms with E-state index in [-0.39, 0.29) is 18.8 Å². The molecule has 5 heteroatoms. The molecule has 2 rings (SSSR count). The molecule has 1 atom stereocenters. The summed E-state index contributed by atoms with van der Waals surface area (Å²) in [6, 6.07) is 9.35. The molecule has 0 bridgehead atoms. The Morgan fingerprint density at radius 3 is 2.45 bits per heavy atom. The van der Waals surface area contributed by atoms with Gasteiger partial charge in [0, 0.05) is 6.42 Å². The zero-order valence-electron chi connectivity index (χ0n) is 17.5. The van der Waals surface area contributed by atoms with Crippen LogP contribution in [-0.2, 0) is 20.7 Å². The lowest BCUT2D eigenvalue weighted by Crippen LogP contribution is -2.31. The molecule has 0 spiro atoms. The Hall–Kier alpha value is -2.53. The molecule has 0 fully saturated rings. The lowest BCUT2D eigenvalue weighted by molar-refractivity contribution is -0.157. The van der Waals surface area contributed by atoms with Gasteiger partial charge in [-0.2, -0.15) is 0 Å². The molecular formula is C24H29FO4. The van der Waals surface area contributed by atoms with Crippen LogP contribution in [0.2, 0.25) is 0 Å². The lowest BCUT2D eigenvalue weighted by atomic mass is 9.90. The Balaban J connectivity index is 2.08. The number of rotatable bonds is 9. The van der Waals surface area contributed by atoms with Crippen LogP contribution in [0.1, 0.15) is 48.4 Å². The van der Waals surface area contributed by atoms with Crippen molar-refractivity contribution in [1.82, 2.24) is 0 Å². The summed E-state index contributed by atoms with van der Waals surface area (Å²) in [7, 11) is 0. The van der Waals surface area contributed by atoms with Crippen LogP contribution in [0, 0.1) is 26.6 Å². The smallest absolute Gasteiger partial charge is 0.342 e. The van der Waals surface area contributed by atoms with Gasteiger partial charge in [0.1, 0.15) is 5.82 Å². The number of benzene rings is 2. The molecule has 0 saturated carbocycles. The van der Waals surface area contributed by atoms with Gasteiger partial charge in [-0.3, -0.25) is 4.79 Å². The van der Waals surface area contributed by atoms with Gasteiger partial charge in [-0.25, -0.2) is 9.18 Å². The van der Waals surface area contributed by atoms with Gasteiger partial charge in [0.05, 0.1) is 6.61 Å². The second kappa shape index (κ2) is 10.3. The SMILES string of the molecule is CCOC(=O)C(O)C(=O)CCCCc1c(C)cc(C)cc1-c1ccc(F)c(C)c1. The van der Waals surface area contributed by atoms with Crippen LogP contribution >= 0.6 is 0 Å². The second-order valence-corrected chi connectivity index (χ2v) is 7.40. The number of aryl methyl sites for hydroxylation is 3. The molecule has 0 radical (unpaired) electrons. The van der Waals surface area contributed by atoms with E-state index in [4.69, 9.17) is 0 Å². The van der Waals surface area contributed by atoms with Crippen LogP contribution < -0.4 is 0 Å². The van der Waals surface area contributed by atoms with E-state index in [1.807, 2.05) is 13.0 Å². The third-order valence-electron chi connectivity index (χ3n) is 5.00. The van der Waals surface area contributed by atoms with Crippen LogP contribution in [0.5, 0.6) is 0 Å². The highest BCUT2D eigenvalue weighted by Crippen LogP contribution is 2.30. The average molecular weight is 400 g/mol. The number of esters is 1. The van der Waals surface area contributed by atoms with Gasteiger partial charge >= 0.3 is 5.97 Å². The molecule has 0 saturated heterocycles. The maximum Gasteiger partial charge on any atom is 0.342 e. The Bertz CT molecular complexity index is 889. The fraction of sp³-hybridized carbons (Fsp3) is 0.417. The molecule has 2 aromatic rings. The molecule has 156 valence electrons. The van der Waals surface area contributed by atoms with Gasteiger partial charge in [-0.1, -0.05) is 23.8 Å². The molecule has 2 aromatic carbocycles. The molecule has 0 aliphatic rings. The Morgan fingerprint density at radius 2 is 1.79 bits per heavy atom. The zero-order valence-corrected chi connectivity index (χ0v) is 17.5. The van der Waals surface area contributed by atoms with E-state index in [1.165, 1.54) is 11.6 Å². The van der Waals surface area contributed by atoms with Gasteiger partial charge in [-0.15, -0.1) is 0 Å².